The fourth-order valence-electron chi connectivity index (χ4n) is 4.60. The zero-order valence-electron chi connectivity index (χ0n) is 20.6. The first-order valence-corrected chi connectivity index (χ1v) is 11.6. The van der Waals surface area contributed by atoms with Crippen LogP contribution in [0, 0.1) is 6.92 Å². The average molecular weight is 479 g/mol. The van der Waals surface area contributed by atoms with Gasteiger partial charge in [-0.05, 0) is 37.5 Å². The van der Waals surface area contributed by atoms with E-state index in [1.165, 1.54) is 4.90 Å². The van der Waals surface area contributed by atoms with E-state index in [0.717, 1.165) is 16.7 Å². The summed E-state index contributed by atoms with van der Waals surface area (Å²) in [5, 5.41) is 0. The summed E-state index contributed by atoms with van der Waals surface area (Å²) in [5.41, 5.74) is 3.73. The number of methoxy groups -OCH3 is 3. The van der Waals surface area contributed by atoms with Crippen molar-refractivity contribution in [3.63, 3.8) is 0 Å². The molecule has 184 valence electrons. The molecule has 0 atom stereocenters. The molecular formula is C27H30N2O6. The first kappa shape index (κ1) is 24.3. The second kappa shape index (κ2) is 10.2. The van der Waals surface area contributed by atoms with Crippen LogP contribution in [0.4, 0.5) is 0 Å². The Bertz CT molecular complexity index is 1180. The number of ether oxygens (including phenoxy) is 3. The lowest BCUT2D eigenvalue weighted by molar-refractivity contribution is -0.130. The van der Waals surface area contributed by atoms with Gasteiger partial charge in [0, 0.05) is 38.2 Å². The van der Waals surface area contributed by atoms with Crippen molar-refractivity contribution in [2.24, 2.45) is 0 Å². The van der Waals surface area contributed by atoms with Gasteiger partial charge in [-0.1, -0.05) is 17.7 Å². The maximum atomic E-state index is 12.8. The third kappa shape index (κ3) is 4.73. The van der Waals surface area contributed by atoms with Gasteiger partial charge in [-0.15, -0.1) is 0 Å². The maximum absolute atomic E-state index is 12.8. The Kier molecular flexibility index (Phi) is 7.10. The summed E-state index contributed by atoms with van der Waals surface area (Å²) in [6, 6.07) is 8.89. The van der Waals surface area contributed by atoms with Crippen molar-refractivity contribution in [3.05, 3.63) is 58.7 Å². The second-order valence-corrected chi connectivity index (χ2v) is 8.64. The molecule has 8 heteroatoms. The highest BCUT2D eigenvalue weighted by atomic mass is 16.5. The summed E-state index contributed by atoms with van der Waals surface area (Å²) < 4.78 is 16.5. The van der Waals surface area contributed by atoms with E-state index in [1.807, 2.05) is 31.2 Å². The van der Waals surface area contributed by atoms with Crippen LogP contribution in [0.25, 0.3) is 5.57 Å². The lowest BCUT2D eigenvalue weighted by Gasteiger charge is -2.28. The van der Waals surface area contributed by atoms with Crippen LogP contribution in [-0.2, 0) is 4.79 Å². The lowest BCUT2D eigenvalue weighted by Crippen LogP contribution is -2.36. The minimum atomic E-state index is -0.287. The van der Waals surface area contributed by atoms with Crippen molar-refractivity contribution in [3.8, 4) is 17.2 Å². The van der Waals surface area contributed by atoms with Gasteiger partial charge in [0.15, 0.2) is 0 Å². The summed E-state index contributed by atoms with van der Waals surface area (Å²) in [4.78, 5) is 41.1. The summed E-state index contributed by atoms with van der Waals surface area (Å²) >= 11 is 0. The first-order chi connectivity index (χ1) is 16.9. The zero-order valence-corrected chi connectivity index (χ0v) is 20.6. The molecule has 0 aliphatic carbocycles. The number of hydrogen-bond donors (Lipinski definition) is 0. The molecule has 0 saturated heterocycles. The lowest BCUT2D eigenvalue weighted by atomic mass is 9.97. The smallest absolute Gasteiger partial charge is 0.261 e. The predicted molar refractivity (Wildman–Crippen MR) is 131 cm³/mol. The van der Waals surface area contributed by atoms with E-state index in [1.54, 1.807) is 38.4 Å². The average Bonchev–Trinajstić information content (AvgIpc) is 3.11. The van der Waals surface area contributed by atoms with Gasteiger partial charge in [0.25, 0.3) is 11.8 Å². The number of amides is 3. The zero-order chi connectivity index (χ0) is 25.1. The van der Waals surface area contributed by atoms with Crippen LogP contribution in [0.15, 0.2) is 36.4 Å². The first-order valence-electron chi connectivity index (χ1n) is 11.6. The van der Waals surface area contributed by atoms with Gasteiger partial charge < -0.3 is 19.1 Å². The summed E-state index contributed by atoms with van der Waals surface area (Å²) in [6.45, 7) is 3.15. The SMILES string of the molecule is COc1cc(OC)c(C2=CCN(C(=O)CCCN3C(=O)c4ccc(C)cc4C3=O)CC2)c(OC)c1. The number of carbonyl (C=O) groups excluding carboxylic acids is 3. The number of imide groups is 1. The standard InChI is InChI=1S/C27H30N2O6/c1-17-7-8-20-21(14-17)27(32)29(26(20)31)11-5-6-24(30)28-12-9-18(10-13-28)25-22(34-3)15-19(33-2)16-23(25)35-4/h7-9,14-16H,5-6,10-13H2,1-4H3. The van der Waals surface area contributed by atoms with Gasteiger partial charge in [0.2, 0.25) is 5.91 Å². The molecule has 35 heavy (non-hydrogen) atoms. The number of benzene rings is 2. The van der Waals surface area contributed by atoms with Crippen LogP contribution in [0.5, 0.6) is 17.2 Å². The number of rotatable bonds is 8. The van der Waals surface area contributed by atoms with E-state index in [-0.39, 0.29) is 30.7 Å². The normalized spacial score (nSPS) is 15.1. The Morgan fingerprint density at radius 3 is 2.23 bits per heavy atom. The predicted octanol–water partition coefficient (Wildman–Crippen LogP) is 3.71. The Balaban J connectivity index is 1.36. The van der Waals surface area contributed by atoms with Gasteiger partial charge >= 0.3 is 0 Å². The highest BCUT2D eigenvalue weighted by molar-refractivity contribution is 6.21. The van der Waals surface area contributed by atoms with Crippen LogP contribution in [0.1, 0.15) is 51.1 Å². The van der Waals surface area contributed by atoms with Crippen LogP contribution in [0.3, 0.4) is 0 Å². The van der Waals surface area contributed by atoms with Crippen molar-refractivity contribution < 1.29 is 28.6 Å². The highest BCUT2D eigenvalue weighted by Gasteiger charge is 2.35. The Hall–Kier alpha value is -3.81. The number of aryl methyl sites for hydroxylation is 1. The fourth-order valence-corrected chi connectivity index (χ4v) is 4.60. The Labute approximate surface area is 205 Å². The summed E-state index contributed by atoms with van der Waals surface area (Å²) in [5.74, 6) is 1.39. The molecule has 0 spiro atoms. The molecule has 0 unspecified atom stereocenters. The van der Waals surface area contributed by atoms with Crippen LogP contribution in [-0.4, -0.2) is 68.5 Å². The van der Waals surface area contributed by atoms with Gasteiger partial charge in [0.05, 0.1) is 38.0 Å². The molecule has 0 saturated carbocycles. The molecule has 2 heterocycles. The topological polar surface area (TPSA) is 85.4 Å². The van der Waals surface area contributed by atoms with Crippen molar-refractivity contribution in [2.45, 2.75) is 26.2 Å². The van der Waals surface area contributed by atoms with Crippen molar-refractivity contribution >= 4 is 23.3 Å². The molecule has 2 aromatic carbocycles. The van der Waals surface area contributed by atoms with Crippen molar-refractivity contribution in [2.75, 3.05) is 41.0 Å². The van der Waals surface area contributed by atoms with Crippen LogP contribution in [0.2, 0.25) is 0 Å². The van der Waals surface area contributed by atoms with Crippen LogP contribution >= 0.6 is 0 Å². The molecule has 0 bridgehead atoms. The van der Waals surface area contributed by atoms with Crippen molar-refractivity contribution in [1.82, 2.24) is 9.80 Å². The van der Waals surface area contributed by atoms with Crippen LogP contribution < -0.4 is 14.2 Å². The van der Waals surface area contributed by atoms with E-state index in [9.17, 15) is 14.4 Å². The van der Waals surface area contributed by atoms with Gasteiger partial charge in [-0.3, -0.25) is 19.3 Å². The number of nitrogens with zero attached hydrogens (tertiary/aromatic N) is 2. The molecule has 2 aromatic rings. The molecule has 0 fully saturated rings. The largest absolute Gasteiger partial charge is 0.496 e. The second-order valence-electron chi connectivity index (χ2n) is 8.64. The van der Waals surface area contributed by atoms with E-state index in [4.69, 9.17) is 14.2 Å². The molecule has 8 nitrogen and oxygen atoms in total. The van der Waals surface area contributed by atoms with E-state index in [0.29, 0.717) is 54.3 Å². The van der Waals surface area contributed by atoms with E-state index < -0.39 is 0 Å². The van der Waals surface area contributed by atoms with Gasteiger partial charge in [0.1, 0.15) is 17.2 Å². The van der Waals surface area contributed by atoms with E-state index >= 15 is 0 Å². The third-order valence-corrected chi connectivity index (χ3v) is 6.50. The molecule has 3 amide bonds. The Morgan fingerprint density at radius 1 is 0.943 bits per heavy atom. The molecule has 4 rings (SSSR count). The molecule has 0 N–H and O–H groups in total. The third-order valence-electron chi connectivity index (χ3n) is 6.50. The monoisotopic (exact) mass is 478 g/mol. The summed E-state index contributed by atoms with van der Waals surface area (Å²) in [7, 11) is 4.80. The minimum Gasteiger partial charge on any atom is -0.496 e. The maximum Gasteiger partial charge on any atom is 0.261 e. The molecule has 0 radical (unpaired) electrons. The van der Waals surface area contributed by atoms with Gasteiger partial charge in [-0.25, -0.2) is 0 Å². The Morgan fingerprint density at radius 2 is 1.63 bits per heavy atom. The summed E-state index contributed by atoms with van der Waals surface area (Å²) in [6.07, 6.45) is 3.37. The quantitative estimate of drug-likeness (QED) is 0.538. The number of fused-ring (bicyclic) bond motifs is 1. The minimum absolute atomic E-state index is 0.00131. The number of carbonyl (C=O) groups is 3. The van der Waals surface area contributed by atoms with Gasteiger partial charge in [-0.2, -0.15) is 0 Å². The molecule has 0 aromatic heterocycles. The fraction of sp³-hybridized carbons (Fsp3) is 0.370. The molecular weight excluding hydrogens is 448 g/mol. The van der Waals surface area contributed by atoms with E-state index in [2.05, 4.69) is 0 Å². The molecule has 2 aliphatic rings. The molecule has 2 aliphatic heterocycles. The highest BCUT2D eigenvalue weighted by Crippen LogP contribution is 2.40. The van der Waals surface area contributed by atoms with Crippen molar-refractivity contribution in [1.29, 1.82) is 0 Å². The number of hydrogen-bond acceptors (Lipinski definition) is 6.